The summed E-state index contributed by atoms with van der Waals surface area (Å²) < 4.78 is 12.7. The zero-order valence-electron chi connectivity index (χ0n) is 9.28. The molecule has 0 spiro atoms. The van der Waals surface area contributed by atoms with Crippen LogP contribution in [-0.4, -0.2) is 10.1 Å². The van der Waals surface area contributed by atoms with Crippen LogP contribution in [0.1, 0.15) is 17.4 Å². The molecule has 94 valence electrons. The fraction of sp³-hybridized carbons (Fsp3) is 0.154. The average molecular weight is 286 g/mol. The van der Waals surface area contributed by atoms with Gasteiger partial charge in [0, 0.05) is 6.42 Å². The molecule has 1 aromatic carbocycles. The Morgan fingerprint density at radius 3 is 2.56 bits per heavy atom. The van der Waals surface area contributed by atoms with Gasteiger partial charge in [-0.3, -0.25) is 4.98 Å². The summed E-state index contributed by atoms with van der Waals surface area (Å²) in [6.45, 7) is 0. The number of benzene rings is 1. The summed E-state index contributed by atoms with van der Waals surface area (Å²) in [5, 5.41) is 10.9. The van der Waals surface area contributed by atoms with Gasteiger partial charge in [-0.15, -0.1) is 0 Å². The molecule has 0 saturated carbocycles. The predicted molar refractivity (Wildman–Crippen MR) is 69.3 cm³/mol. The average Bonchev–Trinajstić information content (AvgIpc) is 2.34. The summed E-state index contributed by atoms with van der Waals surface area (Å²) >= 11 is 11.7. The number of aromatic nitrogens is 1. The van der Waals surface area contributed by atoms with Crippen LogP contribution >= 0.6 is 23.2 Å². The van der Waals surface area contributed by atoms with Gasteiger partial charge in [-0.2, -0.15) is 0 Å². The lowest BCUT2D eigenvalue weighted by Gasteiger charge is -2.10. The van der Waals surface area contributed by atoms with Gasteiger partial charge in [-0.1, -0.05) is 29.3 Å². The smallest absolute Gasteiger partial charge is 0.141 e. The molecule has 1 aromatic heterocycles. The lowest BCUT2D eigenvalue weighted by Crippen LogP contribution is -2.04. The summed E-state index contributed by atoms with van der Waals surface area (Å²) in [6, 6.07) is 7.86. The number of aliphatic hydroxyl groups is 1. The Bertz CT molecular complexity index is 545. The van der Waals surface area contributed by atoms with Crippen LogP contribution in [0.25, 0.3) is 0 Å². The normalized spacial score (nSPS) is 12.4. The summed E-state index contributed by atoms with van der Waals surface area (Å²) in [5.74, 6) is -0.430. The molecule has 2 aromatic rings. The molecule has 5 heteroatoms. The highest BCUT2D eigenvalue weighted by atomic mass is 35.5. The molecular formula is C13H10Cl2FNO. The van der Waals surface area contributed by atoms with Gasteiger partial charge in [-0.25, -0.2) is 4.39 Å². The maximum Gasteiger partial charge on any atom is 0.141 e. The van der Waals surface area contributed by atoms with Gasteiger partial charge >= 0.3 is 0 Å². The van der Waals surface area contributed by atoms with Crippen molar-refractivity contribution >= 4 is 23.2 Å². The Hall–Kier alpha value is -1.16. The zero-order chi connectivity index (χ0) is 13.1. The van der Waals surface area contributed by atoms with E-state index in [0.29, 0.717) is 22.2 Å². The Morgan fingerprint density at radius 2 is 1.94 bits per heavy atom. The molecule has 0 aliphatic carbocycles. The van der Waals surface area contributed by atoms with Crippen molar-refractivity contribution in [3.8, 4) is 0 Å². The Labute approximate surface area is 114 Å². The first-order chi connectivity index (χ1) is 8.56. The third-order valence-electron chi connectivity index (χ3n) is 2.50. The van der Waals surface area contributed by atoms with Crippen LogP contribution in [0.4, 0.5) is 4.39 Å². The SMILES string of the molecule is OC(Cc1ccc(Cl)c(Cl)c1)c1ccc(F)cn1. The first-order valence-corrected chi connectivity index (χ1v) is 6.05. The third-order valence-corrected chi connectivity index (χ3v) is 3.24. The molecule has 1 unspecified atom stereocenters. The molecule has 2 rings (SSSR count). The maximum atomic E-state index is 12.7. The van der Waals surface area contributed by atoms with Gasteiger partial charge in [-0.05, 0) is 29.8 Å². The van der Waals surface area contributed by atoms with Gasteiger partial charge in [0.15, 0.2) is 0 Å². The minimum absolute atomic E-state index is 0.343. The lowest BCUT2D eigenvalue weighted by atomic mass is 10.1. The standard InChI is InChI=1S/C13H10Cl2FNO/c14-10-3-1-8(5-11(10)15)6-13(18)12-4-2-9(16)7-17-12/h1-5,7,13,18H,6H2. The minimum atomic E-state index is -0.803. The third kappa shape index (κ3) is 3.19. The van der Waals surface area contributed by atoms with Crippen molar-refractivity contribution in [3.05, 3.63) is 63.6 Å². The van der Waals surface area contributed by atoms with Crippen LogP contribution in [0.5, 0.6) is 0 Å². The second kappa shape index (κ2) is 5.65. The fourth-order valence-corrected chi connectivity index (χ4v) is 1.90. The van der Waals surface area contributed by atoms with Gasteiger partial charge in [0.2, 0.25) is 0 Å². The van der Waals surface area contributed by atoms with Crippen LogP contribution in [0.3, 0.4) is 0 Å². The molecule has 0 fully saturated rings. The van der Waals surface area contributed by atoms with Crippen molar-refractivity contribution in [3.63, 3.8) is 0 Å². The monoisotopic (exact) mass is 285 g/mol. The summed E-state index contributed by atoms with van der Waals surface area (Å²) in [4.78, 5) is 3.83. The quantitative estimate of drug-likeness (QED) is 0.930. The van der Waals surface area contributed by atoms with E-state index in [9.17, 15) is 9.50 Å². The van der Waals surface area contributed by atoms with Gasteiger partial charge in [0.05, 0.1) is 28.0 Å². The molecule has 0 radical (unpaired) electrons. The van der Waals surface area contributed by atoms with Crippen LogP contribution in [0, 0.1) is 5.82 Å². The highest BCUT2D eigenvalue weighted by Crippen LogP contribution is 2.25. The molecule has 0 saturated heterocycles. The number of pyridine rings is 1. The van der Waals surface area contributed by atoms with Crippen molar-refractivity contribution in [1.82, 2.24) is 4.98 Å². The number of rotatable bonds is 3. The molecule has 1 atom stereocenters. The zero-order valence-corrected chi connectivity index (χ0v) is 10.8. The molecular weight excluding hydrogens is 276 g/mol. The molecule has 0 aliphatic rings. The predicted octanol–water partition coefficient (Wildman–Crippen LogP) is 3.80. The van der Waals surface area contributed by atoms with E-state index in [4.69, 9.17) is 23.2 Å². The fourth-order valence-electron chi connectivity index (χ4n) is 1.58. The number of nitrogens with zero attached hydrogens (tertiary/aromatic N) is 1. The van der Waals surface area contributed by atoms with E-state index in [2.05, 4.69) is 4.98 Å². The first-order valence-electron chi connectivity index (χ1n) is 5.29. The van der Waals surface area contributed by atoms with Crippen LogP contribution in [0.15, 0.2) is 36.5 Å². The van der Waals surface area contributed by atoms with E-state index in [1.54, 1.807) is 18.2 Å². The van der Waals surface area contributed by atoms with Crippen LogP contribution in [0.2, 0.25) is 10.0 Å². The van der Waals surface area contributed by atoms with E-state index in [1.165, 1.54) is 12.1 Å². The number of hydrogen-bond acceptors (Lipinski definition) is 2. The van der Waals surface area contributed by atoms with Crippen molar-refractivity contribution in [2.45, 2.75) is 12.5 Å². The molecule has 18 heavy (non-hydrogen) atoms. The van der Waals surface area contributed by atoms with E-state index >= 15 is 0 Å². The largest absolute Gasteiger partial charge is 0.386 e. The number of aliphatic hydroxyl groups excluding tert-OH is 1. The molecule has 0 aliphatic heterocycles. The summed E-state index contributed by atoms with van der Waals surface area (Å²) in [5.41, 5.74) is 1.26. The van der Waals surface area contributed by atoms with Crippen LogP contribution in [-0.2, 0) is 6.42 Å². The van der Waals surface area contributed by atoms with Gasteiger partial charge < -0.3 is 5.11 Å². The molecule has 1 heterocycles. The Morgan fingerprint density at radius 1 is 1.17 bits per heavy atom. The number of halogens is 3. The van der Waals surface area contributed by atoms with Crippen molar-refractivity contribution in [2.24, 2.45) is 0 Å². The Balaban J connectivity index is 2.13. The van der Waals surface area contributed by atoms with Crippen LogP contribution < -0.4 is 0 Å². The van der Waals surface area contributed by atoms with Crippen molar-refractivity contribution < 1.29 is 9.50 Å². The summed E-state index contributed by atoms with van der Waals surface area (Å²) in [7, 11) is 0. The number of hydrogen-bond donors (Lipinski definition) is 1. The lowest BCUT2D eigenvalue weighted by molar-refractivity contribution is 0.173. The molecule has 0 amide bonds. The molecule has 0 bridgehead atoms. The van der Waals surface area contributed by atoms with E-state index < -0.39 is 11.9 Å². The van der Waals surface area contributed by atoms with E-state index in [-0.39, 0.29) is 0 Å². The maximum absolute atomic E-state index is 12.7. The van der Waals surface area contributed by atoms with Gasteiger partial charge in [0.1, 0.15) is 5.82 Å². The second-order valence-corrected chi connectivity index (χ2v) is 4.68. The molecule has 2 nitrogen and oxygen atoms in total. The van der Waals surface area contributed by atoms with Gasteiger partial charge in [0.25, 0.3) is 0 Å². The first kappa shape index (κ1) is 13.3. The van der Waals surface area contributed by atoms with E-state index in [0.717, 1.165) is 11.8 Å². The van der Waals surface area contributed by atoms with E-state index in [1.807, 2.05) is 0 Å². The highest BCUT2D eigenvalue weighted by Gasteiger charge is 2.11. The Kier molecular flexibility index (Phi) is 4.17. The topological polar surface area (TPSA) is 33.1 Å². The second-order valence-electron chi connectivity index (χ2n) is 3.87. The summed E-state index contributed by atoms with van der Waals surface area (Å²) in [6.07, 6.45) is 0.617. The molecule has 1 N–H and O–H groups in total. The highest BCUT2D eigenvalue weighted by molar-refractivity contribution is 6.42. The minimum Gasteiger partial charge on any atom is -0.386 e. The van der Waals surface area contributed by atoms with Crippen molar-refractivity contribution in [1.29, 1.82) is 0 Å². The van der Waals surface area contributed by atoms with Crippen molar-refractivity contribution in [2.75, 3.05) is 0 Å².